The van der Waals surface area contributed by atoms with Gasteiger partial charge in [-0.3, -0.25) is 15.7 Å². The van der Waals surface area contributed by atoms with Crippen LogP contribution in [-0.2, 0) is 10.0 Å². The normalized spacial score (nSPS) is 18.4. The molecule has 1 saturated heterocycles. The average Bonchev–Trinajstić information content (AvgIpc) is 2.53. The lowest BCUT2D eigenvalue weighted by Gasteiger charge is -2.32. The van der Waals surface area contributed by atoms with E-state index >= 15 is 0 Å². The van der Waals surface area contributed by atoms with Crippen LogP contribution in [0.3, 0.4) is 0 Å². The van der Waals surface area contributed by atoms with Gasteiger partial charge in [-0.15, -0.1) is 0 Å². The lowest BCUT2D eigenvalue weighted by atomic mass is 10.1. The molecule has 1 fully saturated rings. The number of nitrogen functional groups attached to an aromatic ring is 1. The van der Waals surface area contributed by atoms with Crippen LogP contribution in [0.1, 0.15) is 26.2 Å². The minimum atomic E-state index is -3.62. The minimum Gasteiger partial charge on any atom is -0.323 e. The number of piperidine rings is 1. The van der Waals surface area contributed by atoms with Gasteiger partial charge in [0.15, 0.2) is 0 Å². The predicted octanol–water partition coefficient (Wildman–Crippen LogP) is 0.520. The smallest absolute Gasteiger partial charge is 0.244 e. The molecule has 0 aromatic carbocycles. The zero-order chi connectivity index (χ0) is 15.3. The molecule has 1 atom stereocenters. The highest BCUT2D eigenvalue weighted by Gasteiger charge is 2.22. The van der Waals surface area contributed by atoms with Crippen LogP contribution in [0.15, 0.2) is 23.4 Å². The van der Waals surface area contributed by atoms with Crippen molar-refractivity contribution in [3.05, 3.63) is 18.5 Å². The first kappa shape index (κ1) is 16.2. The van der Waals surface area contributed by atoms with Crippen molar-refractivity contribution in [2.24, 2.45) is 5.84 Å². The van der Waals surface area contributed by atoms with Crippen LogP contribution in [-0.4, -0.2) is 44.0 Å². The second-order valence-corrected chi connectivity index (χ2v) is 7.05. The molecule has 0 radical (unpaired) electrons. The van der Waals surface area contributed by atoms with Crippen LogP contribution in [0.5, 0.6) is 0 Å². The van der Waals surface area contributed by atoms with E-state index in [1.807, 2.05) is 6.92 Å². The molecular weight excluding hydrogens is 290 g/mol. The second kappa shape index (κ2) is 7.17. The molecule has 0 bridgehead atoms. The van der Waals surface area contributed by atoms with Gasteiger partial charge in [0.25, 0.3) is 0 Å². The summed E-state index contributed by atoms with van der Waals surface area (Å²) in [6.07, 6.45) is 6.41. The van der Waals surface area contributed by atoms with Crippen molar-refractivity contribution in [2.45, 2.75) is 37.1 Å². The molecular formula is C13H23N5O2S. The Hall–Kier alpha value is -1.22. The van der Waals surface area contributed by atoms with E-state index in [0.717, 1.165) is 13.1 Å². The number of likely N-dealkylation sites (tertiary alicyclic amines) is 1. The summed E-state index contributed by atoms with van der Waals surface area (Å²) in [5.74, 6) is 5.34. The van der Waals surface area contributed by atoms with Gasteiger partial charge in [0, 0.05) is 25.0 Å². The molecule has 21 heavy (non-hydrogen) atoms. The summed E-state index contributed by atoms with van der Waals surface area (Å²) >= 11 is 0. The minimum absolute atomic E-state index is 0.0679. The van der Waals surface area contributed by atoms with Crippen molar-refractivity contribution < 1.29 is 8.42 Å². The fourth-order valence-corrected chi connectivity index (χ4v) is 3.74. The van der Waals surface area contributed by atoms with E-state index in [0.29, 0.717) is 12.2 Å². The molecule has 1 aliphatic heterocycles. The van der Waals surface area contributed by atoms with Crippen molar-refractivity contribution in [2.75, 3.05) is 25.1 Å². The van der Waals surface area contributed by atoms with Crippen molar-refractivity contribution in [3.63, 3.8) is 0 Å². The molecule has 4 N–H and O–H groups in total. The molecule has 0 aliphatic carbocycles. The van der Waals surface area contributed by atoms with Crippen LogP contribution in [0.25, 0.3) is 0 Å². The topological polar surface area (TPSA) is 100 Å². The fraction of sp³-hybridized carbons (Fsp3) is 0.615. The van der Waals surface area contributed by atoms with Crippen LogP contribution in [0, 0.1) is 0 Å². The summed E-state index contributed by atoms with van der Waals surface area (Å²) in [6.45, 7) is 4.48. The third-order valence-corrected chi connectivity index (χ3v) is 5.26. The summed E-state index contributed by atoms with van der Waals surface area (Å²) in [5.41, 5.74) is 2.72. The van der Waals surface area contributed by atoms with Gasteiger partial charge in [0.1, 0.15) is 4.90 Å². The quantitative estimate of drug-likeness (QED) is 0.523. The van der Waals surface area contributed by atoms with Gasteiger partial charge >= 0.3 is 0 Å². The summed E-state index contributed by atoms with van der Waals surface area (Å²) in [4.78, 5) is 6.24. The summed E-state index contributed by atoms with van der Waals surface area (Å²) in [7, 11) is -3.62. The van der Waals surface area contributed by atoms with Gasteiger partial charge in [-0.2, -0.15) is 0 Å². The van der Waals surface area contributed by atoms with Gasteiger partial charge < -0.3 is 5.43 Å². The highest BCUT2D eigenvalue weighted by molar-refractivity contribution is 7.89. The van der Waals surface area contributed by atoms with E-state index in [1.54, 1.807) is 0 Å². The number of hydrazine groups is 1. The first-order chi connectivity index (χ1) is 10.0. The maximum absolute atomic E-state index is 12.3. The number of hydrogen-bond donors (Lipinski definition) is 3. The van der Waals surface area contributed by atoms with Crippen LogP contribution >= 0.6 is 0 Å². The van der Waals surface area contributed by atoms with Crippen molar-refractivity contribution in [3.8, 4) is 0 Å². The Morgan fingerprint density at radius 3 is 2.76 bits per heavy atom. The average molecular weight is 313 g/mol. The number of nitrogens with zero attached hydrogens (tertiary/aromatic N) is 2. The number of nitrogens with two attached hydrogens (primary N) is 1. The first-order valence-corrected chi connectivity index (χ1v) is 8.67. The number of rotatable bonds is 6. The van der Waals surface area contributed by atoms with Gasteiger partial charge in [0.2, 0.25) is 10.0 Å². The van der Waals surface area contributed by atoms with E-state index < -0.39 is 10.0 Å². The van der Waals surface area contributed by atoms with Crippen LogP contribution in [0.4, 0.5) is 5.69 Å². The molecule has 8 heteroatoms. The van der Waals surface area contributed by atoms with E-state index in [1.165, 1.54) is 37.7 Å². The highest BCUT2D eigenvalue weighted by Crippen LogP contribution is 2.18. The summed E-state index contributed by atoms with van der Waals surface area (Å²) in [6, 6.07) is 1.70. The monoisotopic (exact) mass is 313 g/mol. The van der Waals surface area contributed by atoms with Crippen molar-refractivity contribution >= 4 is 15.7 Å². The third kappa shape index (κ3) is 4.13. The first-order valence-electron chi connectivity index (χ1n) is 7.19. The molecule has 0 saturated carbocycles. The Labute approximate surface area is 125 Å². The zero-order valence-corrected chi connectivity index (χ0v) is 13.1. The van der Waals surface area contributed by atoms with Crippen LogP contribution in [0.2, 0.25) is 0 Å². The Morgan fingerprint density at radius 2 is 2.10 bits per heavy atom. The maximum Gasteiger partial charge on any atom is 0.244 e. The van der Waals surface area contributed by atoms with Gasteiger partial charge in [-0.25, -0.2) is 13.1 Å². The number of anilines is 1. The molecule has 0 spiro atoms. The predicted molar refractivity (Wildman–Crippen MR) is 82.1 cm³/mol. The molecule has 1 unspecified atom stereocenters. The molecule has 0 amide bonds. The molecule has 7 nitrogen and oxygen atoms in total. The van der Waals surface area contributed by atoms with E-state index in [-0.39, 0.29) is 10.9 Å². The molecule has 1 aromatic rings. The summed E-state index contributed by atoms with van der Waals surface area (Å²) in [5, 5.41) is 0. The second-order valence-electron chi connectivity index (χ2n) is 5.31. The lowest BCUT2D eigenvalue weighted by molar-refractivity contribution is 0.175. The Balaban J connectivity index is 2.00. The SMILES string of the molecule is CC(CNS(=O)(=O)c1cnccc1NN)N1CCCCC1. The zero-order valence-electron chi connectivity index (χ0n) is 12.2. The third-order valence-electron chi connectivity index (χ3n) is 3.81. The molecule has 118 valence electrons. The maximum atomic E-state index is 12.3. The molecule has 1 aromatic heterocycles. The Morgan fingerprint density at radius 1 is 1.38 bits per heavy atom. The highest BCUT2D eigenvalue weighted by atomic mass is 32.2. The van der Waals surface area contributed by atoms with Gasteiger partial charge in [0.05, 0.1) is 5.69 Å². The number of hydrogen-bond acceptors (Lipinski definition) is 6. The van der Waals surface area contributed by atoms with Crippen molar-refractivity contribution in [1.82, 2.24) is 14.6 Å². The van der Waals surface area contributed by atoms with E-state index in [4.69, 9.17) is 5.84 Å². The fourth-order valence-electron chi connectivity index (χ4n) is 2.51. The molecule has 2 rings (SSSR count). The summed E-state index contributed by atoms with van der Waals surface area (Å²) < 4.78 is 27.3. The van der Waals surface area contributed by atoms with Crippen molar-refractivity contribution in [1.29, 1.82) is 0 Å². The number of pyridine rings is 1. The standard InChI is InChI=1S/C13H23N5O2S/c1-11(18-7-3-2-4-8-18)9-16-21(19,20)13-10-15-6-5-12(13)17-14/h5-6,10-11,16H,2-4,7-9,14H2,1H3,(H,15,17). The number of sulfonamides is 1. The number of nitrogens with one attached hydrogen (secondary N) is 2. The van der Waals surface area contributed by atoms with Gasteiger partial charge in [-0.1, -0.05) is 6.42 Å². The number of aromatic nitrogens is 1. The molecule has 2 heterocycles. The van der Waals surface area contributed by atoms with E-state index in [2.05, 4.69) is 20.0 Å². The lowest BCUT2D eigenvalue weighted by Crippen LogP contribution is -2.44. The largest absolute Gasteiger partial charge is 0.323 e. The molecule has 1 aliphatic rings. The van der Waals surface area contributed by atoms with Crippen LogP contribution < -0.4 is 16.0 Å². The Kier molecular flexibility index (Phi) is 5.51. The van der Waals surface area contributed by atoms with Gasteiger partial charge in [-0.05, 0) is 38.9 Å². The Bertz CT molecular complexity index is 557. The van der Waals surface area contributed by atoms with E-state index in [9.17, 15) is 8.42 Å².